The second-order valence-electron chi connectivity index (χ2n) is 9.38. The fourth-order valence-electron chi connectivity index (χ4n) is 4.35. The molecule has 212 valence electrons. The van der Waals surface area contributed by atoms with Crippen LogP contribution in [0.2, 0.25) is 0 Å². The smallest absolute Gasteiger partial charge is 0.238 e. The molecule has 1 atom stereocenters. The Bertz CT molecular complexity index is 1420. The van der Waals surface area contributed by atoms with E-state index in [9.17, 15) is 18.0 Å². The summed E-state index contributed by atoms with van der Waals surface area (Å²) in [7, 11) is -3.78. The zero-order valence-electron chi connectivity index (χ0n) is 22.3. The summed E-state index contributed by atoms with van der Waals surface area (Å²) in [5.41, 5.74) is 2.32. The molecule has 4 N–H and O–H groups in total. The lowest BCUT2D eigenvalue weighted by atomic mass is 10.0. The highest BCUT2D eigenvalue weighted by Gasteiger charge is 2.22. The number of carbonyl (C=O) groups is 2. The maximum absolute atomic E-state index is 12.1. The van der Waals surface area contributed by atoms with E-state index in [4.69, 9.17) is 5.14 Å². The van der Waals surface area contributed by atoms with Gasteiger partial charge in [0.15, 0.2) is 0 Å². The van der Waals surface area contributed by atoms with Crippen molar-refractivity contribution in [1.29, 1.82) is 0 Å². The fourth-order valence-corrected chi connectivity index (χ4v) is 6.15. The van der Waals surface area contributed by atoms with E-state index >= 15 is 0 Å². The first kappa shape index (κ1) is 31.3. The first-order valence-electron chi connectivity index (χ1n) is 13.0. The summed E-state index contributed by atoms with van der Waals surface area (Å²) < 4.78 is 23.5. The number of carbonyl (C=O) groups excluding carboxylic acids is 2. The van der Waals surface area contributed by atoms with Crippen LogP contribution >= 0.6 is 24.0 Å². The number of hydrogen-bond donors (Lipinski definition) is 4. The molecule has 0 spiro atoms. The van der Waals surface area contributed by atoms with Crippen LogP contribution < -0.4 is 15.8 Å². The normalized spacial score (nSPS) is 14.6. The van der Waals surface area contributed by atoms with Crippen LogP contribution in [0.3, 0.4) is 0 Å². The van der Waals surface area contributed by atoms with Gasteiger partial charge < -0.3 is 10.6 Å². The number of nitrogens with two attached hydrogens (primary N) is 1. The first-order valence-corrected chi connectivity index (χ1v) is 15.9. The van der Waals surface area contributed by atoms with Crippen molar-refractivity contribution >= 4 is 52.4 Å². The van der Waals surface area contributed by atoms with Gasteiger partial charge in [0.25, 0.3) is 0 Å². The molecule has 1 aliphatic carbocycles. The predicted molar refractivity (Wildman–Crippen MR) is 166 cm³/mol. The Kier molecular flexibility index (Phi) is 12.2. The van der Waals surface area contributed by atoms with E-state index in [0.29, 0.717) is 12.1 Å². The number of benzene rings is 2. The van der Waals surface area contributed by atoms with Crippen molar-refractivity contribution < 1.29 is 18.0 Å². The van der Waals surface area contributed by atoms with Crippen molar-refractivity contribution in [3.8, 4) is 11.1 Å². The number of sulfonamides is 1. The second kappa shape index (κ2) is 15.6. The Morgan fingerprint density at radius 1 is 1.07 bits per heavy atom. The lowest BCUT2D eigenvalue weighted by Crippen LogP contribution is -2.28. The first-order chi connectivity index (χ1) is 19.2. The number of nitrogens with one attached hydrogen (secondary N) is 2. The minimum Gasteiger partial charge on any atom is -0.352 e. The van der Waals surface area contributed by atoms with Gasteiger partial charge in [0.2, 0.25) is 22.3 Å². The van der Waals surface area contributed by atoms with Crippen LogP contribution in [0.4, 0.5) is 0 Å². The minimum absolute atomic E-state index is 0.0788. The highest BCUT2D eigenvalue weighted by atomic mass is 32.2. The van der Waals surface area contributed by atoms with Crippen LogP contribution in [0, 0.1) is 5.92 Å². The Morgan fingerprint density at radius 2 is 1.77 bits per heavy atom. The number of thiophene rings is 1. The largest absolute Gasteiger partial charge is 0.352 e. The van der Waals surface area contributed by atoms with Gasteiger partial charge in [0.05, 0.1) is 10.9 Å². The quantitative estimate of drug-likeness (QED) is 0.134. The molecule has 1 aromatic heterocycles. The van der Waals surface area contributed by atoms with Gasteiger partial charge in [0.1, 0.15) is 0 Å². The summed E-state index contributed by atoms with van der Waals surface area (Å²) >= 11 is 5.62. The highest BCUT2D eigenvalue weighted by molar-refractivity contribution is 7.89. The summed E-state index contributed by atoms with van der Waals surface area (Å²) in [6, 6.07) is 18.3. The molecule has 3 aromatic rings. The van der Waals surface area contributed by atoms with Crippen molar-refractivity contribution in [2.75, 3.05) is 0 Å². The zero-order chi connectivity index (χ0) is 29.0. The SMILES string of the molecule is CC(NC=O)c1ccc(/C=C/C=C\S)s1.NS(=O)(=O)c1ccccc1-c1ccc(CNC(=O)C2CCCC2)cc1. The molecule has 2 amide bonds. The molecular formula is C30H35N3O4S3. The van der Waals surface area contributed by atoms with Gasteiger partial charge in [-0.2, -0.15) is 12.6 Å². The van der Waals surface area contributed by atoms with Crippen molar-refractivity contribution in [2.24, 2.45) is 11.1 Å². The Morgan fingerprint density at radius 3 is 2.42 bits per heavy atom. The molecule has 2 aromatic carbocycles. The lowest BCUT2D eigenvalue weighted by molar-refractivity contribution is -0.125. The molecule has 0 radical (unpaired) electrons. The van der Waals surface area contributed by atoms with Crippen LogP contribution in [0.1, 0.15) is 54.0 Å². The third kappa shape index (κ3) is 9.48. The van der Waals surface area contributed by atoms with Gasteiger partial charge in [-0.1, -0.05) is 67.5 Å². The maximum atomic E-state index is 12.1. The second-order valence-corrected chi connectivity index (χ2v) is 12.4. The van der Waals surface area contributed by atoms with E-state index in [1.807, 2.05) is 61.5 Å². The molecule has 0 saturated heterocycles. The zero-order valence-corrected chi connectivity index (χ0v) is 24.9. The monoisotopic (exact) mass is 597 g/mol. The molecular weight excluding hydrogens is 563 g/mol. The number of thiol groups is 1. The standard InChI is InChI=1S/C19H22N2O3S.C11H13NOS2/c20-25(23,24)18-8-4-3-7-17(18)15-11-9-14(10-12-15)13-21-19(22)16-5-1-2-6-16;1-9(12-8-13)11-6-5-10(15-11)4-2-3-7-14/h3-4,7-12,16H,1-2,5-6,13H2,(H,21,22)(H2,20,23,24);2-9,14H,1H3,(H,12,13)/b;4-2+,7-3-. The van der Waals surface area contributed by atoms with Crippen LogP contribution in [0.15, 0.2) is 83.1 Å². The lowest BCUT2D eigenvalue weighted by Gasteiger charge is -2.11. The molecule has 1 fully saturated rings. The number of rotatable bonds is 10. The number of primary sulfonamides is 1. The van der Waals surface area contributed by atoms with Crippen molar-refractivity contribution in [3.63, 3.8) is 0 Å². The Hall–Kier alpha value is -3.18. The van der Waals surface area contributed by atoms with E-state index in [2.05, 4.69) is 23.3 Å². The summed E-state index contributed by atoms with van der Waals surface area (Å²) in [6.45, 7) is 2.44. The third-order valence-electron chi connectivity index (χ3n) is 6.50. The summed E-state index contributed by atoms with van der Waals surface area (Å²) in [6.07, 6.45) is 10.8. The van der Waals surface area contributed by atoms with Crippen LogP contribution in [-0.4, -0.2) is 20.7 Å². The summed E-state index contributed by atoms with van der Waals surface area (Å²) in [5, 5.41) is 12.7. The molecule has 0 aliphatic heterocycles. The maximum Gasteiger partial charge on any atom is 0.238 e. The third-order valence-corrected chi connectivity index (χ3v) is 8.88. The van der Waals surface area contributed by atoms with Crippen molar-refractivity contribution in [1.82, 2.24) is 10.6 Å². The highest BCUT2D eigenvalue weighted by Crippen LogP contribution is 2.27. The molecule has 40 heavy (non-hydrogen) atoms. The average Bonchev–Trinajstić information content (AvgIpc) is 3.66. The average molecular weight is 598 g/mol. The van der Waals surface area contributed by atoms with E-state index in [1.165, 1.54) is 6.07 Å². The van der Waals surface area contributed by atoms with Crippen LogP contribution in [0.5, 0.6) is 0 Å². The molecule has 10 heteroatoms. The Labute approximate surface area is 246 Å². The van der Waals surface area contributed by atoms with E-state index in [0.717, 1.165) is 53.0 Å². The molecule has 1 unspecified atom stereocenters. The van der Waals surface area contributed by atoms with E-state index < -0.39 is 10.0 Å². The van der Waals surface area contributed by atoms with Gasteiger partial charge in [-0.15, -0.1) is 11.3 Å². The van der Waals surface area contributed by atoms with Gasteiger partial charge in [-0.3, -0.25) is 9.59 Å². The number of amides is 2. The molecule has 4 rings (SSSR count). The molecule has 1 saturated carbocycles. The van der Waals surface area contributed by atoms with Crippen LogP contribution in [0.25, 0.3) is 17.2 Å². The summed E-state index contributed by atoms with van der Waals surface area (Å²) in [4.78, 5) is 24.8. The molecule has 0 bridgehead atoms. The van der Waals surface area contributed by atoms with Crippen molar-refractivity contribution in [2.45, 2.75) is 50.1 Å². The van der Waals surface area contributed by atoms with Gasteiger partial charge in [-0.05, 0) is 60.6 Å². The topological polar surface area (TPSA) is 118 Å². The minimum atomic E-state index is -3.78. The number of allylic oxidation sites excluding steroid dienone is 2. The summed E-state index contributed by atoms with van der Waals surface area (Å²) in [5.74, 6) is 0.280. The van der Waals surface area contributed by atoms with E-state index in [1.54, 1.807) is 34.9 Å². The Balaban J connectivity index is 0.000000252. The van der Waals surface area contributed by atoms with Gasteiger partial charge >= 0.3 is 0 Å². The van der Waals surface area contributed by atoms with Gasteiger partial charge in [0, 0.05) is 27.8 Å². The van der Waals surface area contributed by atoms with E-state index in [-0.39, 0.29) is 22.8 Å². The van der Waals surface area contributed by atoms with Crippen LogP contribution in [-0.2, 0) is 26.2 Å². The fraction of sp³-hybridized carbons (Fsp3) is 0.267. The predicted octanol–water partition coefficient (Wildman–Crippen LogP) is 5.82. The number of hydrogen-bond acceptors (Lipinski definition) is 6. The van der Waals surface area contributed by atoms with Gasteiger partial charge in [-0.25, -0.2) is 13.6 Å². The van der Waals surface area contributed by atoms with Crippen molar-refractivity contribution in [3.05, 3.63) is 93.5 Å². The molecule has 1 aliphatic rings. The molecule has 1 heterocycles. The molecule has 7 nitrogen and oxygen atoms in total.